The van der Waals surface area contributed by atoms with E-state index in [1.54, 1.807) is 7.11 Å². The number of carbonyl (C=O) groups excluding carboxylic acids is 4. The summed E-state index contributed by atoms with van der Waals surface area (Å²) in [5.41, 5.74) is 1.85. The van der Waals surface area contributed by atoms with Crippen LogP contribution in [0.4, 0.5) is 4.79 Å². The lowest BCUT2D eigenvalue weighted by molar-refractivity contribution is -0.940. The van der Waals surface area contributed by atoms with Gasteiger partial charge in [0, 0.05) is 19.0 Å². The molecule has 156 valence electrons. The van der Waals surface area contributed by atoms with Gasteiger partial charge in [-0.3, -0.25) is 19.3 Å². The molecule has 0 spiro atoms. The average molecular weight is 406 g/mol. The zero-order valence-electron chi connectivity index (χ0n) is 16.8. The maximum Gasteiger partial charge on any atom is 0.338 e. The molecule has 4 amide bonds. The topological polar surface area (TPSA) is 107 Å². The number of urea groups is 1. The monoisotopic (exact) mass is 406 g/mol. The molecule has 0 aliphatic carbocycles. The maximum atomic E-state index is 12.3. The van der Waals surface area contributed by atoms with Gasteiger partial charge in [0.1, 0.15) is 12.5 Å². The van der Waals surface area contributed by atoms with Crippen LogP contribution in [0.15, 0.2) is 12.1 Å². The Morgan fingerprint density at radius 1 is 1.10 bits per heavy atom. The van der Waals surface area contributed by atoms with Crippen molar-refractivity contribution < 1.29 is 38.3 Å². The fourth-order valence-corrected chi connectivity index (χ4v) is 3.82. The largest absolute Gasteiger partial charge is 0.493 e. The van der Waals surface area contributed by atoms with Crippen molar-refractivity contribution in [3.63, 3.8) is 0 Å². The predicted molar refractivity (Wildman–Crippen MR) is 98.3 cm³/mol. The number of methoxy groups -OCH3 is 3. The van der Waals surface area contributed by atoms with E-state index in [0.29, 0.717) is 24.5 Å². The number of amides is 4. The molecule has 0 saturated carbocycles. The molecule has 1 unspecified atom stereocenters. The maximum absolute atomic E-state index is 12.3. The summed E-state index contributed by atoms with van der Waals surface area (Å²) in [7, 11) is 5.65. The molecule has 2 aliphatic rings. The second kappa shape index (κ2) is 8.08. The van der Waals surface area contributed by atoms with Gasteiger partial charge in [0.15, 0.2) is 18.2 Å². The third-order valence-corrected chi connectivity index (χ3v) is 5.44. The average Bonchev–Trinajstić information content (AvgIpc) is 2.91. The van der Waals surface area contributed by atoms with E-state index in [0.717, 1.165) is 25.8 Å². The first kappa shape index (κ1) is 20.6. The zero-order valence-corrected chi connectivity index (χ0v) is 16.8. The third kappa shape index (κ3) is 3.63. The van der Waals surface area contributed by atoms with Gasteiger partial charge in [0.2, 0.25) is 0 Å². The van der Waals surface area contributed by atoms with Crippen molar-refractivity contribution in [3.8, 4) is 11.5 Å². The summed E-state index contributed by atoms with van der Waals surface area (Å²) in [6.07, 6.45) is 0.691. The summed E-state index contributed by atoms with van der Waals surface area (Å²) in [6.45, 7) is 0.530. The molecule has 2 aliphatic heterocycles. The molecule has 1 saturated heterocycles. The molecule has 1 fully saturated rings. The minimum Gasteiger partial charge on any atom is -0.493 e. The van der Waals surface area contributed by atoms with E-state index in [4.69, 9.17) is 14.2 Å². The highest BCUT2D eigenvalue weighted by molar-refractivity contribution is 6.44. The first-order valence-corrected chi connectivity index (χ1v) is 9.12. The Morgan fingerprint density at radius 3 is 2.31 bits per heavy atom. The van der Waals surface area contributed by atoms with Crippen LogP contribution in [0, 0.1) is 0 Å². The lowest BCUT2D eigenvalue weighted by Crippen LogP contribution is -3.15. The third-order valence-electron chi connectivity index (χ3n) is 5.44. The number of ether oxygens (including phenoxy) is 3. The van der Waals surface area contributed by atoms with Gasteiger partial charge < -0.3 is 19.1 Å². The fraction of sp³-hybridized carbons (Fsp3) is 0.474. The van der Waals surface area contributed by atoms with Crippen molar-refractivity contribution in [1.82, 2.24) is 9.80 Å². The van der Waals surface area contributed by atoms with Crippen LogP contribution < -0.4 is 14.4 Å². The van der Waals surface area contributed by atoms with Crippen molar-refractivity contribution in [2.75, 3.05) is 41.6 Å². The first-order valence-electron chi connectivity index (χ1n) is 9.12. The number of hydrogen-bond donors (Lipinski definition) is 1. The number of likely N-dealkylation sites (N-methyl/N-ethyl adjacent to an activating group) is 1. The highest BCUT2D eigenvalue weighted by atomic mass is 16.5. The van der Waals surface area contributed by atoms with Crippen molar-refractivity contribution >= 4 is 23.8 Å². The predicted octanol–water partition coefficient (Wildman–Crippen LogP) is -0.873. The van der Waals surface area contributed by atoms with E-state index in [9.17, 15) is 19.2 Å². The normalized spacial score (nSPS) is 21.3. The van der Waals surface area contributed by atoms with Crippen molar-refractivity contribution in [2.24, 2.45) is 0 Å². The number of carbonyl (C=O) groups is 4. The number of rotatable bonds is 6. The van der Waals surface area contributed by atoms with Crippen LogP contribution in [0.3, 0.4) is 0 Å². The number of hydrogen-bond acceptors (Lipinski definition) is 7. The number of benzene rings is 1. The summed E-state index contributed by atoms with van der Waals surface area (Å²) in [5.74, 6) is -1.03. The van der Waals surface area contributed by atoms with Crippen LogP contribution in [0.2, 0.25) is 0 Å². The van der Waals surface area contributed by atoms with Gasteiger partial charge in [-0.25, -0.2) is 9.69 Å². The first-order chi connectivity index (χ1) is 13.8. The number of quaternary nitrogens is 1. The molecular weight excluding hydrogens is 382 g/mol. The minimum absolute atomic E-state index is 0.0246. The standard InChI is InChI=1S/C19H23N3O7/c1-20-17(24)18(25)22(19(20)26)10-21-6-5-11-7-14(27-2)15(28-3)8-12(11)13(21)9-16(23)29-4/h7-8,13H,5-6,9-10H2,1-4H3/p+1/t13-/m1/s1. The molecular formula is C19H24N3O7+. The SMILES string of the molecule is COC(=O)C[C@@H]1c2cc(OC)c(OC)cc2CC[NH+]1CN1C(=O)C(=O)N(C)C1=O. The Hall–Kier alpha value is -3.14. The Balaban J connectivity index is 1.96. The molecule has 1 aromatic rings. The molecule has 29 heavy (non-hydrogen) atoms. The smallest absolute Gasteiger partial charge is 0.338 e. The molecule has 0 radical (unpaired) electrons. The van der Waals surface area contributed by atoms with Gasteiger partial charge in [-0.2, -0.15) is 0 Å². The van der Waals surface area contributed by atoms with Crippen molar-refractivity contribution in [2.45, 2.75) is 18.9 Å². The lowest BCUT2D eigenvalue weighted by Gasteiger charge is -2.35. The number of fused-ring (bicyclic) bond motifs is 1. The summed E-state index contributed by atoms with van der Waals surface area (Å²) in [6, 6.07) is 2.64. The van der Waals surface area contributed by atoms with Crippen molar-refractivity contribution in [3.05, 3.63) is 23.3 Å². The van der Waals surface area contributed by atoms with Gasteiger partial charge in [-0.15, -0.1) is 0 Å². The Kier molecular flexibility index (Phi) is 5.73. The zero-order chi connectivity index (χ0) is 21.3. The molecule has 10 heteroatoms. The number of esters is 1. The van der Waals surface area contributed by atoms with Crippen LogP contribution >= 0.6 is 0 Å². The fourth-order valence-electron chi connectivity index (χ4n) is 3.82. The summed E-state index contributed by atoms with van der Waals surface area (Å²) in [4.78, 5) is 50.9. The van der Waals surface area contributed by atoms with E-state index >= 15 is 0 Å². The van der Waals surface area contributed by atoms with Gasteiger partial charge in [0.05, 0.1) is 27.9 Å². The van der Waals surface area contributed by atoms with E-state index in [1.165, 1.54) is 21.3 Å². The Bertz CT molecular complexity index is 870. The van der Waals surface area contributed by atoms with Crippen LogP contribution in [-0.2, 0) is 25.5 Å². The van der Waals surface area contributed by atoms with Crippen LogP contribution in [-0.4, -0.2) is 75.2 Å². The highest BCUT2D eigenvalue weighted by Crippen LogP contribution is 2.35. The summed E-state index contributed by atoms with van der Waals surface area (Å²) >= 11 is 0. The molecule has 1 N–H and O–H groups in total. The Morgan fingerprint density at radius 2 is 1.76 bits per heavy atom. The van der Waals surface area contributed by atoms with Crippen LogP contribution in [0.25, 0.3) is 0 Å². The van der Waals surface area contributed by atoms with Crippen LogP contribution in [0.5, 0.6) is 11.5 Å². The van der Waals surface area contributed by atoms with E-state index in [-0.39, 0.29) is 19.1 Å². The van der Waals surface area contributed by atoms with Gasteiger partial charge in [0.25, 0.3) is 0 Å². The van der Waals surface area contributed by atoms with Gasteiger partial charge in [-0.05, 0) is 17.7 Å². The second-order valence-electron chi connectivity index (χ2n) is 6.94. The second-order valence-corrected chi connectivity index (χ2v) is 6.94. The highest BCUT2D eigenvalue weighted by Gasteiger charge is 2.46. The minimum atomic E-state index is -0.861. The molecule has 10 nitrogen and oxygen atoms in total. The molecule has 2 heterocycles. The number of nitrogens with one attached hydrogen (secondary N) is 1. The van der Waals surface area contributed by atoms with Gasteiger partial charge in [-0.1, -0.05) is 0 Å². The molecule has 0 aromatic heterocycles. The Labute approximate surface area is 167 Å². The van der Waals surface area contributed by atoms with E-state index in [1.807, 2.05) is 12.1 Å². The summed E-state index contributed by atoms with van der Waals surface area (Å²) < 4.78 is 15.6. The van der Waals surface area contributed by atoms with E-state index in [2.05, 4.69) is 0 Å². The van der Waals surface area contributed by atoms with Crippen LogP contribution in [0.1, 0.15) is 23.6 Å². The number of nitrogens with zero attached hydrogens (tertiary/aromatic N) is 2. The van der Waals surface area contributed by atoms with Gasteiger partial charge >= 0.3 is 23.8 Å². The number of imide groups is 2. The quantitative estimate of drug-likeness (QED) is 0.372. The van der Waals surface area contributed by atoms with Crippen molar-refractivity contribution in [1.29, 1.82) is 0 Å². The lowest BCUT2D eigenvalue weighted by atomic mass is 9.90. The van der Waals surface area contributed by atoms with E-state index < -0.39 is 23.8 Å². The molecule has 1 aromatic carbocycles. The molecule has 0 bridgehead atoms. The summed E-state index contributed by atoms with van der Waals surface area (Å²) in [5, 5.41) is 0. The molecule has 2 atom stereocenters. The molecule has 3 rings (SSSR count).